The Hall–Kier alpha value is -1.39. The molecule has 1 fully saturated rings. The smallest absolute Gasteiger partial charge is 0.236 e. The van der Waals surface area contributed by atoms with Gasteiger partial charge in [-0.05, 0) is 31.4 Å². The molecule has 19 heavy (non-hydrogen) atoms. The molecule has 0 saturated carbocycles. The number of carbonyl (C=O) groups excluding carboxylic acids is 1. The molecule has 4 nitrogen and oxygen atoms in total. The Bertz CT molecular complexity index is 503. The zero-order valence-corrected chi connectivity index (χ0v) is 11.5. The van der Waals surface area contributed by atoms with Gasteiger partial charge in [-0.3, -0.25) is 9.69 Å². The predicted octanol–water partition coefficient (Wildman–Crippen LogP) is 1.96. The monoisotopic (exact) mass is 260 g/mol. The van der Waals surface area contributed by atoms with Crippen LogP contribution in [0.3, 0.4) is 0 Å². The predicted molar refractivity (Wildman–Crippen MR) is 74.0 cm³/mol. The number of amides is 1. The van der Waals surface area contributed by atoms with Crippen molar-refractivity contribution in [2.45, 2.75) is 31.4 Å². The molecule has 1 N–H and O–H groups in total. The normalized spacial score (nSPS) is 28.2. The SMILES string of the molecule is COC(C)N1CCCC2(C1)C(=O)Nc1ccccc12. The molecule has 1 amide bonds. The molecular formula is C15H20N2O2. The number of hydrogen-bond acceptors (Lipinski definition) is 3. The molecule has 1 saturated heterocycles. The van der Waals surface area contributed by atoms with E-state index in [1.54, 1.807) is 7.11 Å². The van der Waals surface area contributed by atoms with Crippen LogP contribution >= 0.6 is 0 Å². The van der Waals surface area contributed by atoms with E-state index >= 15 is 0 Å². The molecule has 0 radical (unpaired) electrons. The number of nitrogens with one attached hydrogen (secondary N) is 1. The van der Waals surface area contributed by atoms with Crippen molar-refractivity contribution in [2.75, 3.05) is 25.5 Å². The summed E-state index contributed by atoms with van der Waals surface area (Å²) in [4.78, 5) is 14.7. The van der Waals surface area contributed by atoms with Crippen molar-refractivity contribution in [3.05, 3.63) is 29.8 Å². The van der Waals surface area contributed by atoms with Gasteiger partial charge >= 0.3 is 0 Å². The zero-order chi connectivity index (χ0) is 13.5. The number of methoxy groups -OCH3 is 1. The fourth-order valence-corrected chi connectivity index (χ4v) is 3.33. The van der Waals surface area contributed by atoms with Crippen LogP contribution in [-0.4, -0.2) is 37.2 Å². The lowest BCUT2D eigenvalue weighted by atomic mass is 9.75. The molecule has 3 rings (SSSR count). The number of hydrogen-bond donors (Lipinski definition) is 1. The molecule has 4 heteroatoms. The highest BCUT2D eigenvalue weighted by Gasteiger charge is 2.49. The van der Waals surface area contributed by atoms with Crippen molar-refractivity contribution >= 4 is 11.6 Å². The largest absolute Gasteiger partial charge is 0.367 e. The molecular weight excluding hydrogens is 240 g/mol. The molecule has 1 aromatic carbocycles. The van der Waals surface area contributed by atoms with Gasteiger partial charge in [0.2, 0.25) is 5.91 Å². The van der Waals surface area contributed by atoms with E-state index < -0.39 is 0 Å². The van der Waals surface area contributed by atoms with E-state index in [0.717, 1.165) is 37.2 Å². The second kappa shape index (κ2) is 4.62. The van der Waals surface area contributed by atoms with E-state index in [9.17, 15) is 4.79 Å². The Balaban J connectivity index is 1.96. The maximum absolute atomic E-state index is 12.5. The van der Waals surface area contributed by atoms with E-state index in [1.165, 1.54) is 0 Å². The average molecular weight is 260 g/mol. The van der Waals surface area contributed by atoms with Crippen molar-refractivity contribution in [1.82, 2.24) is 4.90 Å². The summed E-state index contributed by atoms with van der Waals surface area (Å²) >= 11 is 0. The number of likely N-dealkylation sites (tertiary alicyclic amines) is 1. The average Bonchev–Trinajstić information content (AvgIpc) is 2.71. The van der Waals surface area contributed by atoms with Crippen LogP contribution in [0.15, 0.2) is 24.3 Å². The van der Waals surface area contributed by atoms with E-state index in [0.29, 0.717) is 0 Å². The Morgan fingerprint density at radius 2 is 2.21 bits per heavy atom. The molecule has 2 aliphatic heterocycles. The topological polar surface area (TPSA) is 41.6 Å². The molecule has 2 heterocycles. The highest BCUT2D eigenvalue weighted by atomic mass is 16.5. The number of anilines is 1. The Morgan fingerprint density at radius 1 is 1.42 bits per heavy atom. The van der Waals surface area contributed by atoms with Crippen LogP contribution in [0.4, 0.5) is 5.69 Å². The van der Waals surface area contributed by atoms with Crippen molar-refractivity contribution in [1.29, 1.82) is 0 Å². The highest BCUT2D eigenvalue weighted by Crippen LogP contribution is 2.43. The first-order valence-electron chi connectivity index (χ1n) is 6.85. The highest BCUT2D eigenvalue weighted by molar-refractivity contribution is 6.06. The Labute approximate surface area is 113 Å². The summed E-state index contributed by atoms with van der Waals surface area (Å²) in [5.41, 5.74) is 1.73. The first-order valence-corrected chi connectivity index (χ1v) is 6.85. The van der Waals surface area contributed by atoms with Crippen LogP contribution in [0.2, 0.25) is 0 Å². The summed E-state index contributed by atoms with van der Waals surface area (Å²) in [7, 11) is 1.72. The number of nitrogens with zero attached hydrogens (tertiary/aromatic N) is 1. The van der Waals surface area contributed by atoms with Crippen LogP contribution in [0.1, 0.15) is 25.3 Å². The lowest BCUT2D eigenvalue weighted by Gasteiger charge is -2.41. The van der Waals surface area contributed by atoms with Crippen LogP contribution in [0.25, 0.3) is 0 Å². The number of carbonyl (C=O) groups is 1. The number of piperidine rings is 1. The molecule has 0 aliphatic carbocycles. The van der Waals surface area contributed by atoms with E-state index in [4.69, 9.17) is 4.74 Å². The summed E-state index contributed by atoms with van der Waals surface area (Å²) in [5, 5.41) is 3.03. The molecule has 0 aromatic heterocycles. The number of rotatable bonds is 2. The number of benzene rings is 1. The fraction of sp³-hybridized carbons (Fsp3) is 0.533. The Kier molecular flexibility index (Phi) is 3.07. The number of para-hydroxylation sites is 1. The molecule has 1 aromatic rings. The van der Waals surface area contributed by atoms with Crippen LogP contribution in [0.5, 0.6) is 0 Å². The first-order chi connectivity index (χ1) is 9.17. The minimum absolute atomic E-state index is 0.0535. The van der Waals surface area contributed by atoms with Gasteiger partial charge in [0.15, 0.2) is 0 Å². The standard InChI is InChI=1S/C15H20N2O2/c1-11(19-2)17-9-5-8-15(10-17)12-6-3-4-7-13(12)16-14(15)18/h3-4,6-7,11H,5,8-10H2,1-2H3,(H,16,18). The zero-order valence-electron chi connectivity index (χ0n) is 11.5. The Morgan fingerprint density at radius 3 is 3.00 bits per heavy atom. The lowest BCUT2D eigenvalue weighted by molar-refractivity contribution is -0.125. The van der Waals surface area contributed by atoms with Gasteiger partial charge in [0.1, 0.15) is 6.23 Å². The van der Waals surface area contributed by atoms with Gasteiger partial charge in [-0.25, -0.2) is 0 Å². The lowest BCUT2D eigenvalue weighted by Crippen LogP contribution is -2.52. The van der Waals surface area contributed by atoms with E-state index in [-0.39, 0.29) is 17.6 Å². The van der Waals surface area contributed by atoms with Crippen molar-refractivity contribution in [2.24, 2.45) is 0 Å². The molecule has 2 atom stereocenters. The van der Waals surface area contributed by atoms with Crippen LogP contribution in [-0.2, 0) is 14.9 Å². The summed E-state index contributed by atoms with van der Waals surface area (Å²) in [6.45, 7) is 3.77. The van der Waals surface area contributed by atoms with Gasteiger partial charge in [-0.15, -0.1) is 0 Å². The summed E-state index contributed by atoms with van der Waals surface area (Å²) < 4.78 is 5.41. The molecule has 1 spiro atoms. The van der Waals surface area contributed by atoms with E-state index in [2.05, 4.69) is 16.3 Å². The molecule has 2 unspecified atom stereocenters. The van der Waals surface area contributed by atoms with Gasteiger partial charge in [0, 0.05) is 25.9 Å². The van der Waals surface area contributed by atoms with Crippen molar-refractivity contribution < 1.29 is 9.53 Å². The molecule has 102 valence electrons. The van der Waals surface area contributed by atoms with Gasteiger partial charge in [0.05, 0.1) is 5.41 Å². The minimum Gasteiger partial charge on any atom is -0.367 e. The second-order valence-electron chi connectivity index (χ2n) is 5.49. The number of ether oxygens (including phenoxy) is 1. The van der Waals surface area contributed by atoms with E-state index in [1.807, 2.05) is 25.1 Å². The quantitative estimate of drug-likeness (QED) is 0.884. The first kappa shape index (κ1) is 12.6. The van der Waals surface area contributed by atoms with Crippen molar-refractivity contribution in [3.8, 4) is 0 Å². The van der Waals surface area contributed by atoms with Crippen molar-refractivity contribution in [3.63, 3.8) is 0 Å². The molecule has 2 aliphatic rings. The third-order valence-electron chi connectivity index (χ3n) is 4.50. The summed E-state index contributed by atoms with van der Waals surface area (Å²) in [5.74, 6) is 0.140. The minimum atomic E-state index is -0.387. The number of fused-ring (bicyclic) bond motifs is 2. The summed E-state index contributed by atoms with van der Waals surface area (Å²) in [6, 6.07) is 8.05. The fourth-order valence-electron chi connectivity index (χ4n) is 3.33. The van der Waals surface area contributed by atoms with Gasteiger partial charge in [0.25, 0.3) is 0 Å². The third-order valence-corrected chi connectivity index (χ3v) is 4.50. The van der Waals surface area contributed by atoms with Crippen LogP contribution in [0, 0.1) is 0 Å². The maximum Gasteiger partial charge on any atom is 0.236 e. The van der Waals surface area contributed by atoms with Gasteiger partial charge < -0.3 is 10.1 Å². The maximum atomic E-state index is 12.5. The van der Waals surface area contributed by atoms with Gasteiger partial charge in [-0.2, -0.15) is 0 Å². The third kappa shape index (κ3) is 1.86. The molecule has 0 bridgehead atoms. The summed E-state index contributed by atoms with van der Waals surface area (Å²) in [6.07, 6.45) is 2.00. The van der Waals surface area contributed by atoms with Gasteiger partial charge in [-0.1, -0.05) is 18.2 Å². The second-order valence-corrected chi connectivity index (χ2v) is 5.49. The van der Waals surface area contributed by atoms with Crippen LogP contribution < -0.4 is 5.32 Å².